The number of thiol groups is 1. The third-order valence-corrected chi connectivity index (χ3v) is 9.69. The summed E-state index contributed by atoms with van der Waals surface area (Å²) in [5.41, 5.74) is 5.62. The number of benzene rings is 1. The van der Waals surface area contributed by atoms with Crippen LogP contribution in [0.25, 0.3) is 5.57 Å². The highest BCUT2D eigenvalue weighted by atomic mass is 32.1. The number of hydrogen-bond donors (Lipinski definition) is 1. The molecule has 0 spiro atoms. The number of hydrogen-bond acceptors (Lipinski definition) is 2. The van der Waals surface area contributed by atoms with E-state index < -0.39 is 8.07 Å². The van der Waals surface area contributed by atoms with Crippen LogP contribution in [0.2, 0.25) is 13.1 Å². The molecular weight excluding hydrogens is 356 g/mol. The molecule has 0 unspecified atom stereocenters. The van der Waals surface area contributed by atoms with Crippen molar-refractivity contribution in [2.45, 2.75) is 40.8 Å². The van der Waals surface area contributed by atoms with Crippen LogP contribution in [0, 0.1) is 13.8 Å². The van der Waals surface area contributed by atoms with Crippen molar-refractivity contribution in [1.82, 2.24) is 0 Å². The van der Waals surface area contributed by atoms with E-state index in [1.165, 1.54) is 32.0 Å². The Morgan fingerprint density at radius 3 is 2.36 bits per heavy atom. The molecule has 3 rings (SSSR count). The second kappa shape index (κ2) is 6.79. The van der Waals surface area contributed by atoms with Crippen LogP contribution >= 0.6 is 24.0 Å². The molecule has 0 N–H and O–H groups in total. The minimum atomic E-state index is -1.76. The van der Waals surface area contributed by atoms with Gasteiger partial charge in [0, 0.05) is 9.75 Å². The van der Waals surface area contributed by atoms with Gasteiger partial charge in [-0.2, -0.15) is 0 Å². The van der Waals surface area contributed by atoms with E-state index >= 15 is 0 Å². The third-order valence-electron chi connectivity index (χ3n) is 5.02. The Hall–Kier alpha value is -1.29. The Labute approximate surface area is 162 Å². The minimum Gasteiger partial charge on any atom is -0.148 e. The molecule has 3 heteroatoms. The van der Waals surface area contributed by atoms with E-state index in [2.05, 4.69) is 95.9 Å². The van der Waals surface area contributed by atoms with E-state index in [0.717, 1.165) is 4.91 Å². The van der Waals surface area contributed by atoms with E-state index in [0.29, 0.717) is 0 Å². The van der Waals surface area contributed by atoms with Crippen LogP contribution in [-0.2, 0) is 0 Å². The molecular formula is C22H26S2Si. The third kappa shape index (κ3) is 3.14. The Bertz CT molecular complexity index is 919. The molecule has 25 heavy (non-hydrogen) atoms. The lowest BCUT2D eigenvalue weighted by molar-refractivity contribution is 1.48. The average molecular weight is 383 g/mol. The van der Waals surface area contributed by atoms with Crippen molar-refractivity contribution in [3.63, 3.8) is 0 Å². The Balaban J connectivity index is 2.41. The Morgan fingerprint density at radius 2 is 1.80 bits per heavy atom. The summed E-state index contributed by atoms with van der Waals surface area (Å²) in [5, 5.41) is 3.10. The normalized spacial score (nSPS) is 17.2. The molecule has 1 aromatic carbocycles. The predicted molar refractivity (Wildman–Crippen MR) is 120 cm³/mol. The van der Waals surface area contributed by atoms with Crippen LogP contribution in [0.3, 0.4) is 0 Å². The van der Waals surface area contributed by atoms with Gasteiger partial charge in [-0.25, -0.2) is 0 Å². The second-order valence-corrected chi connectivity index (χ2v) is 13.7. The molecule has 1 aromatic heterocycles. The molecule has 130 valence electrons. The number of rotatable bonds is 3. The first kappa shape index (κ1) is 18.5. The van der Waals surface area contributed by atoms with Crippen molar-refractivity contribution in [2.75, 3.05) is 0 Å². The molecule has 0 amide bonds. The largest absolute Gasteiger partial charge is 0.148 e. The molecule has 0 nitrogen and oxygen atoms in total. The van der Waals surface area contributed by atoms with Crippen molar-refractivity contribution in [3.8, 4) is 0 Å². The topological polar surface area (TPSA) is 0 Å². The van der Waals surface area contributed by atoms with Gasteiger partial charge in [-0.3, -0.25) is 0 Å². The van der Waals surface area contributed by atoms with Crippen molar-refractivity contribution in [1.29, 1.82) is 0 Å². The van der Waals surface area contributed by atoms with Gasteiger partial charge in [-0.1, -0.05) is 43.4 Å². The Kier molecular flexibility index (Phi) is 5.02. The fourth-order valence-electron chi connectivity index (χ4n) is 4.02. The highest BCUT2D eigenvalue weighted by molar-refractivity contribution is 7.84. The molecule has 0 saturated heterocycles. The first-order chi connectivity index (χ1) is 11.8. The quantitative estimate of drug-likeness (QED) is 0.354. The van der Waals surface area contributed by atoms with Crippen molar-refractivity contribution in [3.05, 3.63) is 79.0 Å². The minimum absolute atomic E-state index is 1.05. The number of aryl methyl sites for hydroxylation is 2. The van der Waals surface area contributed by atoms with Gasteiger partial charge < -0.3 is 0 Å². The summed E-state index contributed by atoms with van der Waals surface area (Å²) in [6, 6.07) is 11.4. The van der Waals surface area contributed by atoms with Crippen LogP contribution in [0.1, 0.15) is 34.7 Å². The summed E-state index contributed by atoms with van der Waals surface area (Å²) in [6.45, 7) is 13.6. The van der Waals surface area contributed by atoms with Crippen molar-refractivity contribution in [2.24, 2.45) is 0 Å². The second-order valence-electron chi connectivity index (χ2n) is 7.28. The summed E-state index contributed by atoms with van der Waals surface area (Å²) in [7, 11) is -1.76. The summed E-state index contributed by atoms with van der Waals surface area (Å²) in [6.07, 6.45) is 4.48. The van der Waals surface area contributed by atoms with Gasteiger partial charge in [0.2, 0.25) is 0 Å². The zero-order valence-electron chi connectivity index (χ0n) is 15.9. The summed E-state index contributed by atoms with van der Waals surface area (Å²) in [4.78, 5) is 3.85. The summed E-state index contributed by atoms with van der Waals surface area (Å²) >= 11 is 6.46. The zero-order chi connectivity index (χ0) is 18.4. The van der Waals surface area contributed by atoms with Gasteiger partial charge >= 0.3 is 0 Å². The van der Waals surface area contributed by atoms with Crippen LogP contribution in [0.4, 0.5) is 0 Å². The van der Waals surface area contributed by atoms with Crippen LogP contribution < -0.4 is 5.19 Å². The van der Waals surface area contributed by atoms with Crippen LogP contribution in [-0.4, -0.2) is 8.07 Å². The first-order valence-electron chi connectivity index (χ1n) is 8.73. The maximum Gasteiger partial charge on any atom is 0.114 e. The molecule has 0 bridgehead atoms. The standard InChI is InChI=1S/C22H26S2Si/c1-7-17(12-14(2)23)22-21(19-13-15(3)24-16(19)4)18-10-8-9-11-20(18)25(22,5)6/h7-13,23H,1-6H3/b14-12-,17-7-. The lowest BCUT2D eigenvalue weighted by Crippen LogP contribution is -2.41. The maximum absolute atomic E-state index is 4.56. The van der Waals surface area contributed by atoms with E-state index in [-0.39, 0.29) is 0 Å². The van der Waals surface area contributed by atoms with Gasteiger partial charge in [-0.15, -0.1) is 24.0 Å². The smallest absolute Gasteiger partial charge is 0.114 e. The predicted octanol–water partition coefficient (Wildman–Crippen LogP) is 6.41. The summed E-state index contributed by atoms with van der Waals surface area (Å²) in [5.74, 6) is 0. The van der Waals surface area contributed by atoms with Gasteiger partial charge in [0.1, 0.15) is 8.07 Å². The molecule has 2 aromatic rings. The highest BCUT2D eigenvalue weighted by Gasteiger charge is 2.41. The lowest BCUT2D eigenvalue weighted by Gasteiger charge is -2.24. The van der Waals surface area contributed by atoms with Crippen LogP contribution in [0.5, 0.6) is 0 Å². The first-order valence-corrected chi connectivity index (χ1v) is 13.0. The number of allylic oxidation sites excluding steroid dienone is 5. The molecule has 0 aliphatic carbocycles. The number of fused-ring (bicyclic) bond motifs is 1. The summed E-state index contributed by atoms with van der Waals surface area (Å²) < 4.78 is 0. The average Bonchev–Trinajstić information content (AvgIpc) is 2.99. The van der Waals surface area contributed by atoms with E-state index in [1.54, 1.807) is 10.4 Å². The van der Waals surface area contributed by atoms with Crippen LogP contribution in [0.15, 0.2) is 58.2 Å². The SMILES string of the molecule is C/C=C(/C=C(/C)S)C1=C(c2cc(C)sc2C)c2ccccc2[Si]1(C)C. The monoisotopic (exact) mass is 382 g/mol. The molecule has 0 atom stereocenters. The number of thiophene rings is 1. The van der Waals surface area contributed by atoms with Gasteiger partial charge in [0.25, 0.3) is 0 Å². The van der Waals surface area contributed by atoms with E-state index in [4.69, 9.17) is 0 Å². The fraction of sp³-hybridized carbons (Fsp3) is 0.273. The van der Waals surface area contributed by atoms with Gasteiger partial charge in [0.05, 0.1) is 0 Å². The maximum atomic E-state index is 4.56. The highest BCUT2D eigenvalue weighted by Crippen LogP contribution is 2.44. The molecule has 2 heterocycles. The van der Waals surface area contributed by atoms with Crippen molar-refractivity contribution >= 4 is 42.8 Å². The zero-order valence-corrected chi connectivity index (χ0v) is 18.6. The van der Waals surface area contributed by atoms with Gasteiger partial charge in [0.15, 0.2) is 0 Å². The van der Waals surface area contributed by atoms with E-state index in [1.807, 2.05) is 11.3 Å². The molecule has 0 saturated carbocycles. The molecule has 1 aliphatic rings. The van der Waals surface area contributed by atoms with E-state index in [9.17, 15) is 0 Å². The molecule has 0 fully saturated rings. The van der Waals surface area contributed by atoms with Gasteiger partial charge in [-0.05, 0) is 77.4 Å². The molecule has 1 aliphatic heterocycles. The fourth-order valence-corrected chi connectivity index (χ4v) is 8.58. The Morgan fingerprint density at radius 1 is 1.12 bits per heavy atom. The molecule has 0 radical (unpaired) electrons. The lowest BCUT2D eigenvalue weighted by atomic mass is 9.95. The van der Waals surface area contributed by atoms with Crippen molar-refractivity contribution < 1.29 is 0 Å².